The van der Waals surface area contributed by atoms with E-state index < -0.39 is 0 Å². The number of hydrogen-bond donors (Lipinski definition) is 1. The summed E-state index contributed by atoms with van der Waals surface area (Å²) < 4.78 is 0. The highest BCUT2D eigenvalue weighted by Crippen LogP contribution is 2.25. The van der Waals surface area contributed by atoms with Crippen LogP contribution in [0.25, 0.3) is 0 Å². The van der Waals surface area contributed by atoms with E-state index in [4.69, 9.17) is 0 Å². The second-order valence-electron chi connectivity index (χ2n) is 7.65. The van der Waals surface area contributed by atoms with E-state index in [0.29, 0.717) is 19.1 Å². The van der Waals surface area contributed by atoms with Crippen molar-refractivity contribution in [3.8, 4) is 0 Å². The van der Waals surface area contributed by atoms with Crippen LogP contribution in [0.15, 0.2) is 30.3 Å². The van der Waals surface area contributed by atoms with Crippen LogP contribution in [0, 0.1) is 5.92 Å². The number of amides is 3. The van der Waals surface area contributed by atoms with Gasteiger partial charge in [-0.25, -0.2) is 4.79 Å². The number of hydrogen-bond acceptors (Lipinski definition) is 2. The van der Waals surface area contributed by atoms with E-state index in [1.807, 2.05) is 47.2 Å². The molecule has 1 saturated carbocycles. The smallest absolute Gasteiger partial charge is 0.321 e. The summed E-state index contributed by atoms with van der Waals surface area (Å²) in [6.45, 7) is 1.29. The molecule has 1 heterocycles. The summed E-state index contributed by atoms with van der Waals surface area (Å²) in [5.41, 5.74) is 0.809. The Bertz CT molecular complexity index is 589. The van der Waals surface area contributed by atoms with Crippen molar-refractivity contribution in [1.82, 2.24) is 9.80 Å². The summed E-state index contributed by atoms with van der Waals surface area (Å²) >= 11 is 0. The van der Waals surface area contributed by atoms with E-state index in [9.17, 15) is 9.59 Å². The maximum Gasteiger partial charge on any atom is 0.321 e. The van der Waals surface area contributed by atoms with E-state index in [-0.39, 0.29) is 17.9 Å². The molecule has 2 aliphatic rings. The molecule has 0 spiro atoms. The molecule has 142 valence electrons. The van der Waals surface area contributed by atoms with Crippen molar-refractivity contribution in [3.63, 3.8) is 0 Å². The fourth-order valence-corrected chi connectivity index (χ4v) is 4.17. The number of piperidine rings is 1. The lowest BCUT2D eigenvalue weighted by atomic mass is 9.94. The van der Waals surface area contributed by atoms with Gasteiger partial charge in [-0.3, -0.25) is 4.79 Å². The zero-order valence-corrected chi connectivity index (χ0v) is 15.8. The van der Waals surface area contributed by atoms with Crippen LogP contribution in [0.5, 0.6) is 0 Å². The molecule has 1 aromatic rings. The van der Waals surface area contributed by atoms with Crippen molar-refractivity contribution < 1.29 is 9.59 Å². The Labute approximate surface area is 156 Å². The number of urea groups is 1. The first-order chi connectivity index (χ1) is 12.6. The van der Waals surface area contributed by atoms with Gasteiger partial charge in [0, 0.05) is 37.8 Å². The summed E-state index contributed by atoms with van der Waals surface area (Å²) in [5.74, 6) is 0.337. The molecule has 0 atom stereocenters. The van der Waals surface area contributed by atoms with E-state index in [1.54, 1.807) is 0 Å². The van der Waals surface area contributed by atoms with Gasteiger partial charge in [0.05, 0.1) is 0 Å². The van der Waals surface area contributed by atoms with Gasteiger partial charge in [-0.15, -0.1) is 0 Å². The molecule has 1 N–H and O–H groups in total. The Morgan fingerprint density at radius 1 is 0.962 bits per heavy atom. The van der Waals surface area contributed by atoms with Gasteiger partial charge < -0.3 is 15.1 Å². The topological polar surface area (TPSA) is 52.7 Å². The Balaban J connectivity index is 1.48. The van der Waals surface area contributed by atoms with Crippen molar-refractivity contribution in [2.45, 2.75) is 57.4 Å². The van der Waals surface area contributed by atoms with Gasteiger partial charge in [0.1, 0.15) is 0 Å². The predicted molar refractivity (Wildman–Crippen MR) is 104 cm³/mol. The van der Waals surface area contributed by atoms with Crippen LogP contribution in [-0.4, -0.2) is 47.9 Å². The van der Waals surface area contributed by atoms with Gasteiger partial charge in [-0.05, 0) is 37.8 Å². The molecule has 2 fully saturated rings. The van der Waals surface area contributed by atoms with E-state index in [0.717, 1.165) is 31.4 Å². The van der Waals surface area contributed by atoms with Gasteiger partial charge >= 0.3 is 6.03 Å². The molecule has 0 bridgehead atoms. The fraction of sp³-hybridized carbons (Fsp3) is 0.619. The standard InChI is InChI=1S/C21H31N3O2/c1-23(19-11-7-2-3-8-12-19)20(25)17-13-15-24(16-14-17)21(26)22-18-9-5-4-6-10-18/h4-6,9-10,17,19H,2-3,7-8,11-16H2,1H3,(H,22,26). The lowest BCUT2D eigenvalue weighted by molar-refractivity contribution is -0.137. The normalized spacial score (nSPS) is 19.7. The third-order valence-electron chi connectivity index (χ3n) is 5.88. The second kappa shape index (κ2) is 9.06. The predicted octanol–water partition coefficient (Wildman–Crippen LogP) is 4.11. The monoisotopic (exact) mass is 357 g/mol. The van der Waals surface area contributed by atoms with Crippen LogP contribution in [0.1, 0.15) is 51.4 Å². The summed E-state index contributed by atoms with van der Waals surface area (Å²) in [6, 6.07) is 9.85. The number of carbonyl (C=O) groups excluding carboxylic acids is 2. The summed E-state index contributed by atoms with van der Waals surface area (Å²) in [4.78, 5) is 29.1. The molecule has 5 heteroatoms. The van der Waals surface area contributed by atoms with Crippen LogP contribution in [-0.2, 0) is 4.79 Å². The van der Waals surface area contributed by atoms with Crippen molar-refractivity contribution in [1.29, 1.82) is 0 Å². The maximum atomic E-state index is 12.9. The lowest BCUT2D eigenvalue weighted by Crippen LogP contribution is -2.47. The number of likely N-dealkylation sites (tertiary alicyclic amines) is 1. The Hall–Kier alpha value is -2.04. The molecule has 1 aliphatic heterocycles. The van der Waals surface area contributed by atoms with Gasteiger partial charge in [-0.1, -0.05) is 43.9 Å². The molecule has 1 aliphatic carbocycles. The first-order valence-electron chi connectivity index (χ1n) is 10.0. The number of rotatable bonds is 3. The van der Waals surface area contributed by atoms with Crippen LogP contribution < -0.4 is 5.32 Å². The highest BCUT2D eigenvalue weighted by atomic mass is 16.2. The van der Waals surface area contributed by atoms with Gasteiger partial charge in [0.15, 0.2) is 0 Å². The maximum absolute atomic E-state index is 12.9. The average molecular weight is 357 g/mol. The summed E-state index contributed by atoms with van der Waals surface area (Å²) in [7, 11) is 1.98. The Kier molecular flexibility index (Phi) is 6.53. The Morgan fingerprint density at radius 2 is 1.58 bits per heavy atom. The molecule has 0 radical (unpaired) electrons. The number of para-hydroxylation sites is 1. The molecule has 1 aromatic carbocycles. The Morgan fingerprint density at radius 3 is 2.19 bits per heavy atom. The largest absolute Gasteiger partial charge is 0.343 e. The summed E-state index contributed by atoms with van der Waals surface area (Å²) in [6.07, 6.45) is 8.87. The number of nitrogens with zero attached hydrogens (tertiary/aromatic N) is 2. The lowest BCUT2D eigenvalue weighted by Gasteiger charge is -2.35. The van der Waals surface area contributed by atoms with Crippen molar-refractivity contribution >= 4 is 17.6 Å². The molecule has 0 aromatic heterocycles. The van der Waals surface area contributed by atoms with E-state index in [2.05, 4.69) is 5.32 Å². The molecule has 3 amide bonds. The molecule has 1 saturated heterocycles. The minimum Gasteiger partial charge on any atom is -0.343 e. The van der Waals surface area contributed by atoms with E-state index >= 15 is 0 Å². The molecule has 3 rings (SSSR count). The zero-order chi connectivity index (χ0) is 18.4. The fourth-order valence-electron chi connectivity index (χ4n) is 4.17. The SMILES string of the molecule is CN(C(=O)C1CCN(C(=O)Nc2ccccc2)CC1)C1CCCCCC1. The van der Waals surface area contributed by atoms with Crippen LogP contribution in [0.2, 0.25) is 0 Å². The first kappa shape index (κ1) is 18.7. The summed E-state index contributed by atoms with van der Waals surface area (Å²) in [5, 5.41) is 2.93. The molecular weight excluding hydrogens is 326 g/mol. The highest BCUT2D eigenvalue weighted by molar-refractivity contribution is 5.89. The first-order valence-corrected chi connectivity index (χ1v) is 10.0. The highest BCUT2D eigenvalue weighted by Gasteiger charge is 2.31. The number of nitrogens with one attached hydrogen (secondary N) is 1. The zero-order valence-electron chi connectivity index (χ0n) is 15.8. The van der Waals surface area contributed by atoms with Crippen molar-refractivity contribution in [2.24, 2.45) is 5.92 Å². The minimum absolute atomic E-state index is 0.0593. The quantitative estimate of drug-likeness (QED) is 0.828. The van der Waals surface area contributed by atoms with Gasteiger partial charge in [-0.2, -0.15) is 0 Å². The van der Waals surface area contributed by atoms with Crippen molar-refractivity contribution in [2.75, 3.05) is 25.5 Å². The second-order valence-corrected chi connectivity index (χ2v) is 7.65. The number of carbonyl (C=O) groups is 2. The van der Waals surface area contributed by atoms with Crippen LogP contribution >= 0.6 is 0 Å². The van der Waals surface area contributed by atoms with Gasteiger partial charge in [0.25, 0.3) is 0 Å². The van der Waals surface area contributed by atoms with Gasteiger partial charge in [0.2, 0.25) is 5.91 Å². The minimum atomic E-state index is -0.0702. The molecule has 0 unspecified atom stereocenters. The van der Waals surface area contributed by atoms with Crippen LogP contribution in [0.4, 0.5) is 10.5 Å². The van der Waals surface area contributed by atoms with Crippen molar-refractivity contribution in [3.05, 3.63) is 30.3 Å². The molecule has 26 heavy (non-hydrogen) atoms. The molecule has 5 nitrogen and oxygen atoms in total. The third kappa shape index (κ3) is 4.77. The average Bonchev–Trinajstić information content (AvgIpc) is 2.97. The third-order valence-corrected chi connectivity index (χ3v) is 5.88. The number of anilines is 1. The number of benzene rings is 1. The van der Waals surface area contributed by atoms with Crippen LogP contribution in [0.3, 0.4) is 0 Å². The van der Waals surface area contributed by atoms with E-state index in [1.165, 1.54) is 25.7 Å². The molecular formula is C21H31N3O2.